The number of hydrogen-bond acceptors (Lipinski definition) is 3. The molecular weight excluding hydrogens is 310 g/mol. The van der Waals surface area contributed by atoms with Gasteiger partial charge in [-0.2, -0.15) is 0 Å². The van der Waals surface area contributed by atoms with E-state index in [1.807, 2.05) is 12.1 Å². The van der Waals surface area contributed by atoms with E-state index in [0.29, 0.717) is 6.79 Å². The van der Waals surface area contributed by atoms with Crippen LogP contribution in [0, 0.1) is 0 Å². The van der Waals surface area contributed by atoms with Crippen LogP contribution in [-0.4, -0.2) is 24.8 Å². The van der Waals surface area contributed by atoms with Crippen molar-refractivity contribution in [1.29, 1.82) is 0 Å². The molecule has 0 saturated carbocycles. The fraction of sp³-hybridized carbons (Fsp3) is 0.368. The second-order valence-electron chi connectivity index (χ2n) is 6.23. The first-order valence-corrected chi connectivity index (χ1v) is 8.54. The van der Waals surface area contributed by atoms with Crippen molar-refractivity contribution in [2.45, 2.75) is 25.8 Å². The van der Waals surface area contributed by atoms with Crippen LogP contribution >= 0.6 is 11.6 Å². The third kappa shape index (κ3) is 3.31. The van der Waals surface area contributed by atoms with Crippen LogP contribution in [-0.2, 0) is 19.4 Å². The third-order valence-corrected chi connectivity index (χ3v) is 4.89. The SMILES string of the molecule is Clc1ccc(CCCN2CCc3cc4c(cc3C2)OCO4)cc1. The van der Waals surface area contributed by atoms with Crippen molar-refractivity contribution in [1.82, 2.24) is 4.90 Å². The lowest BCUT2D eigenvalue weighted by atomic mass is 9.98. The molecule has 4 heteroatoms. The fourth-order valence-electron chi connectivity index (χ4n) is 3.35. The van der Waals surface area contributed by atoms with Gasteiger partial charge >= 0.3 is 0 Å². The molecule has 0 aromatic heterocycles. The summed E-state index contributed by atoms with van der Waals surface area (Å²) in [6, 6.07) is 12.5. The van der Waals surface area contributed by atoms with Crippen LogP contribution in [0.1, 0.15) is 23.1 Å². The van der Waals surface area contributed by atoms with E-state index in [9.17, 15) is 0 Å². The van der Waals surface area contributed by atoms with E-state index < -0.39 is 0 Å². The zero-order valence-electron chi connectivity index (χ0n) is 13.1. The minimum Gasteiger partial charge on any atom is -0.454 e. The summed E-state index contributed by atoms with van der Waals surface area (Å²) in [6.07, 6.45) is 3.36. The normalized spacial score (nSPS) is 16.4. The van der Waals surface area contributed by atoms with Crippen molar-refractivity contribution in [2.75, 3.05) is 19.9 Å². The number of hydrogen-bond donors (Lipinski definition) is 0. The molecule has 0 fully saturated rings. The number of nitrogens with zero attached hydrogens (tertiary/aromatic N) is 1. The van der Waals surface area contributed by atoms with Gasteiger partial charge in [-0.3, -0.25) is 4.90 Å². The lowest BCUT2D eigenvalue weighted by Gasteiger charge is -2.29. The third-order valence-electron chi connectivity index (χ3n) is 4.64. The van der Waals surface area contributed by atoms with Crippen molar-refractivity contribution in [3.8, 4) is 11.5 Å². The predicted octanol–water partition coefficient (Wildman–Crippen LogP) is 4.06. The molecule has 0 aliphatic carbocycles. The number of ether oxygens (including phenoxy) is 2. The summed E-state index contributed by atoms with van der Waals surface area (Å²) in [6.45, 7) is 3.60. The Hall–Kier alpha value is -1.71. The lowest BCUT2D eigenvalue weighted by molar-refractivity contribution is 0.174. The summed E-state index contributed by atoms with van der Waals surface area (Å²) >= 11 is 5.93. The van der Waals surface area contributed by atoms with Crippen molar-refractivity contribution in [2.24, 2.45) is 0 Å². The Morgan fingerprint density at radius 3 is 2.52 bits per heavy atom. The Balaban J connectivity index is 1.34. The number of rotatable bonds is 4. The molecule has 0 N–H and O–H groups in total. The molecule has 4 rings (SSSR count). The molecule has 0 saturated heterocycles. The van der Waals surface area contributed by atoms with Crippen LogP contribution in [0.3, 0.4) is 0 Å². The molecule has 2 aromatic rings. The molecule has 2 heterocycles. The van der Waals surface area contributed by atoms with E-state index in [-0.39, 0.29) is 0 Å². The summed E-state index contributed by atoms with van der Waals surface area (Å²) < 4.78 is 11.0. The Morgan fingerprint density at radius 1 is 1.00 bits per heavy atom. The molecule has 0 unspecified atom stereocenters. The fourth-order valence-corrected chi connectivity index (χ4v) is 3.48. The van der Waals surface area contributed by atoms with Gasteiger partial charge in [-0.15, -0.1) is 0 Å². The zero-order valence-corrected chi connectivity index (χ0v) is 13.8. The van der Waals surface area contributed by atoms with Crippen LogP contribution in [0.2, 0.25) is 5.02 Å². The average molecular weight is 330 g/mol. The van der Waals surface area contributed by atoms with E-state index in [1.165, 1.54) is 23.1 Å². The highest BCUT2D eigenvalue weighted by Crippen LogP contribution is 2.36. The summed E-state index contributed by atoms with van der Waals surface area (Å²) in [4.78, 5) is 2.53. The van der Waals surface area contributed by atoms with Crippen LogP contribution < -0.4 is 9.47 Å². The van der Waals surface area contributed by atoms with Crippen molar-refractivity contribution in [3.63, 3.8) is 0 Å². The lowest BCUT2D eigenvalue weighted by Crippen LogP contribution is -2.31. The minimum absolute atomic E-state index is 0.350. The Kier molecular flexibility index (Phi) is 4.15. The monoisotopic (exact) mass is 329 g/mol. The molecule has 0 radical (unpaired) electrons. The molecule has 23 heavy (non-hydrogen) atoms. The molecule has 2 aliphatic heterocycles. The second kappa shape index (κ2) is 6.42. The first kappa shape index (κ1) is 14.9. The number of benzene rings is 2. The maximum Gasteiger partial charge on any atom is 0.231 e. The standard InChI is InChI=1S/C19H20ClNO2/c20-17-5-3-14(4-6-17)2-1-8-21-9-7-15-10-18-19(23-13-22-18)11-16(15)12-21/h3-6,10-11H,1-2,7-9,12-13H2. The highest BCUT2D eigenvalue weighted by atomic mass is 35.5. The van der Waals surface area contributed by atoms with Gasteiger partial charge in [0.1, 0.15) is 0 Å². The Labute approximate surface area is 141 Å². The van der Waals surface area contributed by atoms with Gasteiger partial charge in [0.25, 0.3) is 0 Å². The van der Waals surface area contributed by atoms with Gasteiger partial charge in [0, 0.05) is 18.1 Å². The molecule has 120 valence electrons. The number of fused-ring (bicyclic) bond motifs is 2. The Bertz CT molecular complexity index is 699. The first-order valence-electron chi connectivity index (χ1n) is 8.16. The van der Waals surface area contributed by atoms with Crippen LogP contribution in [0.25, 0.3) is 0 Å². The van der Waals surface area contributed by atoms with E-state index in [0.717, 1.165) is 49.0 Å². The largest absolute Gasteiger partial charge is 0.454 e. The van der Waals surface area contributed by atoms with Crippen molar-refractivity contribution >= 4 is 11.6 Å². The van der Waals surface area contributed by atoms with Gasteiger partial charge in [0.05, 0.1) is 0 Å². The van der Waals surface area contributed by atoms with E-state index >= 15 is 0 Å². The maximum atomic E-state index is 5.93. The predicted molar refractivity (Wildman–Crippen MR) is 91.3 cm³/mol. The van der Waals surface area contributed by atoms with Crippen LogP contribution in [0.4, 0.5) is 0 Å². The number of aryl methyl sites for hydroxylation is 1. The maximum absolute atomic E-state index is 5.93. The van der Waals surface area contributed by atoms with Gasteiger partial charge in [0.2, 0.25) is 6.79 Å². The van der Waals surface area contributed by atoms with Gasteiger partial charge in [-0.05, 0) is 66.8 Å². The average Bonchev–Trinajstić information content (AvgIpc) is 3.01. The van der Waals surface area contributed by atoms with Gasteiger partial charge in [0.15, 0.2) is 11.5 Å². The van der Waals surface area contributed by atoms with Gasteiger partial charge in [-0.1, -0.05) is 23.7 Å². The zero-order chi connectivity index (χ0) is 15.6. The van der Waals surface area contributed by atoms with Gasteiger partial charge < -0.3 is 9.47 Å². The molecule has 0 bridgehead atoms. The smallest absolute Gasteiger partial charge is 0.231 e. The topological polar surface area (TPSA) is 21.7 Å². The van der Waals surface area contributed by atoms with E-state index in [2.05, 4.69) is 29.2 Å². The van der Waals surface area contributed by atoms with E-state index in [1.54, 1.807) is 0 Å². The quantitative estimate of drug-likeness (QED) is 0.844. The Morgan fingerprint density at radius 2 is 1.74 bits per heavy atom. The van der Waals surface area contributed by atoms with Crippen molar-refractivity contribution < 1.29 is 9.47 Å². The second-order valence-corrected chi connectivity index (χ2v) is 6.67. The molecule has 2 aliphatic rings. The minimum atomic E-state index is 0.350. The van der Waals surface area contributed by atoms with Crippen LogP contribution in [0.15, 0.2) is 36.4 Å². The highest BCUT2D eigenvalue weighted by Gasteiger charge is 2.21. The first-order chi connectivity index (χ1) is 11.3. The molecule has 0 atom stereocenters. The highest BCUT2D eigenvalue weighted by molar-refractivity contribution is 6.30. The molecule has 0 amide bonds. The summed E-state index contributed by atoms with van der Waals surface area (Å²) in [5.74, 6) is 1.80. The summed E-state index contributed by atoms with van der Waals surface area (Å²) in [5.41, 5.74) is 4.14. The van der Waals surface area contributed by atoms with E-state index in [4.69, 9.17) is 21.1 Å². The molecule has 3 nitrogen and oxygen atoms in total. The number of halogens is 1. The van der Waals surface area contributed by atoms with Crippen molar-refractivity contribution in [3.05, 3.63) is 58.1 Å². The van der Waals surface area contributed by atoms with Gasteiger partial charge in [-0.25, -0.2) is 0 Å². The molecular formula is C19H20ClNO2. The van der Waals surface area contributed by atoms with Crippen LogP contribution in [0.5, 0.6) is 11.5 Å². The molecule has 0 spiro atoms. The summed E-state index contributed by atoms with van der Waals surface area (Å²) in [7, 11) is 0. The summed E-state index contributed by atoms with van der Waals surface area (Å²) in [5, 5.41) is 0.806. The molecule has 2 aromatic carbocycles.